The largest absolute Gasteiger partial charge is 0.338 e. The molecule has 112 valence electrons. The minimum absolute atomic E-state index is 0.116. The molecule has 4 heteroatoms. The third kappa shape index (κ3) is 3.54. The molecule has 0 saturated carbocycles. The summed E-state index contributed by atoms with van der Waals surface area (Å²) < 4.78 is 0. The third-order valence-corrected chi connectivity index (χ3v) is 5.05. The number of urea groups is 1. The molecule has 1 aliphatic heterocycles. The van der Waals surface area contributed by atoms with Crippen molar-refractivity contribution in [2.45, 2.75) is 58.4 Å². The van der Waals surface area contributed by atoms with E-state index in [-0.39, 0.29) is 12.1 Å². The number of rotatable bonds is 6. The average Bonchev–Trinajstić information content (AvgIpc) is 2.94. The summed E-state index contributed by atoms with van der Waals surface area (Å²) in [6.07, 6.45) is 6.80. The monoisotopic (exact) mass is 294 g/mol. The molecule has 20 heavy (non-hydrogen) atoms. The SMILES string of the molecule is CCCCCCNC(=O)N1CCc2sccc2C1CC. The number of hydrogen-bond acceptors (Lipinski definition) is 2. The molecule has 0 saturated heterocycles. The van der Waals surface area contributed by atoms with Crippen LogP contribution in [0.15, 0.2) is 11.4 Å². The predicted octanol–water partition coefficient (Wildman–Crippen LogP) is 4.35. The van der Waals surface area contributed by atoms with E-state index in [9.17, 15) is 4.79 Å². The van der Waals surface area contributed by atoms with E-state index in [2.05, 4.69) is 30.6 Å². The van der Waals surface area contributed by atoms with Crippen LogP contribution >= 0.6 is 11.3 Å². The fourth-order valence-corrected chi connectivity index (χ4v) is 3.86. The van der Waals surface area contributed by atoms with Gasteiger partial charge in [0.2, 0.25) is 0 Å². The van der Waals surface area contributed by atoms with Crippen LogP contribution in [0.25, 0.3) is 0 Å². The number of carbonyl (C=O) groups excluding carboxylic acids is 1. The van der Waals surface area contributed by atoms with Gasteiger partial charge in [-0.25, -0.2) is 4.79 Å². The zero-order valence-corrected chi connectivity index (χ0v) is 13.5. The van der Waals surface area contributed by atoms with E-state index in [1.165, 1.54) is 29.7 Å². The summed E-state index contributed by atoms with van der Waals surface area (Å²) in [5.74, 6) is 0. The van der Waals surface area contributed by atoms with Gasteiger partial charge in [-0.05, 0) is 36.3 Å². The maximum Gasteiger partial charge on any atom is 0.317 e. The van der Waals surface area contributed by atoms with Gasteiger partial charge in [-0.1, -0.05) is 33.1 Å². The lowest BCUT2D eigenvalue weighted by Gasteiger charge is -2.35. The average molecular weight is 294 g/mol. The molecule has 1 unspecified atom stereocenters. The predicted molar refractivity (Wildman–Crippen MR) is 85.3 cm³/mol. The van der Waals surface area contributed by atoms with Gasteiger partial charge in [0.15, 0.2) is 0 Å². The first kappa shape index (κ1) is 15.4. The van der Waals surface area contributed by atoms with Crippen molar-refractivity contribution in [3.63, 3.8) is 0 Å². The molecule has 2 rings (SSSR count). The molecule has 0 aromatic carbocycles. The van der Waals surface area contributed by atoms with Crippen LogP contribution in [-0.4, -0.2) is 24.0 Å². The lowest BCUT2D eigenvalue weighted by molar-refractivity contribution is 0.168. The first-order valence-electron chi connectivity index (χ1n) is 7.88. The van der Waals surface area contributed by atoms with E-state index >= 15 is 0 Å². The summed E-state index contributed by atoms with van der Waals surface area (Å²) in [4.78, 5) is 15.8. The number of amides is 2. The Bertz CT molecular complexity index is 430. The van der Waals surface area contributed by atoms with Crippen LogP contribution in [-0.2, 0) is 6.42 Å². The second-order valence-electron chi connectivity index (χ2n) is 5.46. The van der Waals surface area contributed by atoms with Gasteiger partial charge >= 0.3 is 6.03 Å². The Kier molecular flexibility index (Phi) is 5.89. The fourth-order valence-electron chi connectivity index (χ4n) is 2.93. The van der Waals surface area contributed by atoms with Gasteiger partial charge in [0.1, 0.15) is 0 Å². The van der Waals surface area contributed by atoms with E-state index in [1.807, 2.05) is 16.2 Å². The highest BCUT2D eigenvalue weighted by Crippen LogP contribution is 2.35. The quantitative estimate of drug-likeness (QED) is 0.777. The molecule has 0 bridgehead atoms. The molecule has 3 nitrogen and oxygen atoms in total. The number of fused-ring (bicyclic) bond motifs is 1. The van der Waals surface area contributed by atoms with Crippen molar-refractivity contribution in [1.29, 1.82) is 0 Å². The normalized spacial score (nSPS) is 17.9. The van der Waals surface area contributed by atoms with E-state index in [0.717, 1.165) is 32.4 Å². The summed E-state index contributed by atoms with van der Waals surface area (Å²) in [5.41, 5.74) is 1.37. The van der Waals surface area contributed by atoms with Crippen molar-refractivity contribution in [3.8, 4) is 0 Å². The van der Waals surface area contributed by atoms with Crippen molar-refractivity contribution < 1.29 is 4.79 Å². The minimum atomic E-state index is 0.116. The van der Waals surface area contributed by atoms with Crippen LogP contribution in [0.4, 0.5) is 4.79 Å². The number of unbranched alkanes of at least 4 members (excludes halogenated alkanes) is 3. The van der Waals surface area contributed by atoms with Gasteiger partial charge in [0, 0.05) is 18.0 Å². The van der Waals surface area contributed by atoms with E-state index in [4.69, 9.17) is 0 Å². The number of nitrogens with one attached hydrogen (secondary N) is 1. The summed E-state index contributed by atoms with van der Waals surface area (Å²) in [6.45, 7) is 6.03. The van der Waals surface area contributed by atoms with Crippen molar-refractivity contribution in [2.75, 3.05) is 13.1 Å². The Labute approximate surface area is 126 Å². The molecule has 1 aromatic heterocycles. The third-order valence-electron chi connectivity index (χ3n) is 4.05. The van der Waals surface area contributed by atoms with Crippen LogP contribution in [0.3, 0.4) is 0 Å². The Morgan fingerprint density at radius 2 is 2.25 bits per heavy atom. The molecule has 0 fully saturated rings. The molecular weight excluding hydrogens is 268 g/mol. The van der Waals surface area contributed by atoms with Crippen molar-refractivity contribution >= 4 is 17.4 Å². The maximum atomic E-state index is 12.3. The second-order valence-corrected chi connectivity index (χ2v) is 6.46. The molecule has 0 spiro atoms. The minimum Gasteiger partial charge on any atom is -0.338 e. The van der Waals surface area contributed by atoms with E-state index in [0.29, 0.717) is 0 Å². The van der Waals surface area contributed by atoms with Gasteiger partial charge in [-0.15, -0.1) is 11.3 Å². The number of thiophene rings is 1. The smallest absolute Gasteiger partial charge is 0.317 e. The highest BCUT2D eigenvalue weighted by molar-refractivity contribution is 7.10. The van der Waals surface area contributed by atoms with Gasteiger partial charge in [0.05, 0.1) is 6.04 Å². The van der Waals surface area contributed by atoms with E-state index < -0.39 is 0 Å². The van der Waals surface area contributed by atoms with Crippen LogP contribution in [0.1, 0.15) is 62.4 Å². The van der Waals surface area contributed by atoms with Crippen molar-refractivity contribution in [1.82, 2.24) is 10.2 Å². The molecule has 2 amide bonds. The summed E-state index contributed by atoms with van der Waals surface area (Å²) in [5, 5.41) is 5.24. The molecule has 1 atom stereocenters. The van der Waals surface area contributed by atoms with Crippen LogP contribution in [0.2, 0.25) is 0 Å². The van der Waals surface area contributed by atoms with Gasteiger partial charge < -0.3 is 10.2 Å². The maximum absolute atomic E-state index is 12.3. The van der Waals surface area contributed by atoms with Gasteiger partial charge in [0.25, 0.3) is 0 Å². The molecule has 1 aromatic rings. The number of nitrogens with zero attached hydrogens (tertiary/aromatic N) is 1. The topological polar surface area (TPSA) is 32.3 Å². The van der Waals surface area contributed by atoms with Crippen LogP contribution in [0.5, 0.6) is 0 Å². The highest BCUT2D eigenvalue weighted by Gasteiger charge is 2.29. The first-order valence-corrected chi connectivity index (χ1v) is 8.76. The van der Waals surface area contributed by atoms with Crippen molar-refractivity contribution in [2.24, 2.45) is 0 Å². The molecular formula is C16H26N2OS. The second kappa shape index (κ2) is 7.67. The van der Waals surface area contributed by atoms with Gasteiger partial charge in [-0.2, -0.15) is 0 Å². The standard InChI is InChI=1S/C16H26N2OS/c1-3-5-6-7-10-17-16(19)18-11-8-15-13(9-12-20-15)14(18)4-2/h9,12,14H,3-8,10-11H2,1-2H3,(H,17,19). The number of hydrogen-bond donors (Lipinski definition) is 1. The highest BCUT2D eigenvalue weighted by atomic mass is 32.1. The van der Waals surface area contributed by atoms with Crippen molar-refractivity contribution in [3.05, 3.63) is 21.9 Å². The molecule has 1 aliphatic rings. The summed E-state index contributed by atoms with van der Waals surface area (Å²) in [6, 6.07) is 2.57. The van der Waals surface area contributed by atoms with Crippen LogP contribution in [0, 0.1) is 0 Å². The fraction of sp³-hybridized carbons (Fsp3) is 0.688. The van der Waals surface area contributed by atoms with Crippen LogP contribution < -0.4 is 5.32 Å². The Hall–Kier alpha value is -1.03. The Balaban J connectivity index is 1.87. The molecule has 0 aliphatic carbocycles. The zero-order valence-electron chi connectivity index (χ0n) is 12.7. The van der Waals surface area contributed by atoms with E-state index in [1.54, 1.807) is 0 Å². The number of carbonyl (C=O) groups is 1. The first-order chi connectivity index (χ1) is 9.77. The summed E-state index contributed by atoms with van der Waals surface area (Å²) >= 11 is 1.83. The summed E-state index contributed by atoms with van der Waals surface area (Å²) in [7, 11) is 0. The molecule has 1 N–H and O–H groups in total. The lowest BCUT2D eigenvalue weighted by atomic mass is 9.98. The van der Waals surface area contributed by atoms with Gasteiger partial charge in [-0.3, -0.25) is 0 Å². The Morgan fingerprint density at radius 1 is 1.40 bits per heavy atom. The lowest BCUT2D eigenvalue weighted by Crippen LogP contribution is -2.45. The molecule has 2 heterocycles. The zero-order chi connectivity index (χ0) is 14.4. The molecule has 0 radical (unpaired) electrons. The Morgan fingerprint density at radius 3 is 3.00 bits per heavy atom.